The molecule has 0 aliphatic heterocycles. The number of hydrogen-bond donors (Lipinski definition) is 2. The molecule has 0 amide bonds. The molecule has 0 saturated carbocycles. The molecule has 0 unspecified atom stereocenters. The minimum absolute atomic E-state index is 0.147. The van der Waals surface area contributed by atoms with Crippen LogP contribution >= 0.6 is 0 Å². The van der Waals surface area contributed by atoms with Crippen LogP contribution in [0.25, 0.3) is 0 Å². The van der Waals surface area contributed by atoms with Gasteiger partial charge < -0.3 is 10.8 Å². The molecule has 2 heteroatoms. The van der Waals surface area contributed by atoms with Crippen LogP contribution in [0.4, 0.5) is 0 Å². The van der Waals surface area contributed by atoms with E-state index in [-0.39, 0.29) is 5.41 Å². The molecular weight excluding hydrogens is 102 g/mol. The fraction of sp³-hybridized carbons (Fsp3) is 1.00. The molecule has 50 valence electrons. The summed E-state index contributed by atoms with van der Waals surface area (Å²) in [7, 11) is 0. The van der Waals surface area contributed by atoms with Crippen LogP contribution in [0.15, 0.2) is 0 Å². The summed E-state index contributed by atoms with van der Waals surface area (Å²) in [6, 6.07) is 0. The summed E-state index contributed by atoms with van der Waals surface area (Å²) < 4.78 is 0. The van der Waals surface area contributed by atoms with Gasteiger partial charge in [0, 0.05) is 0 Å². The lowest BCUT2D eigenvalue weighted by molar-refractivity contribution is 0.127. The summed E-state index contributed by atoms with van der Waals surface area (Å²) in [5.41, 5.74) is 5.28. The second kappa shape index (κ2) is 2.46. The molecule has 0 rings (SSSR count). The number of hydrogen-bond acceptors (Lipinski definition) is 2. The molecule has 0 aromatic rings. The molecule has 0 radical (unpaired) electrons. The van der Waals surface area contributed by atoms with E-state index in [4.69, 9.17) is 10.8 Å². The number of rotatable bonds is 1. The highest BCUT2D eigenvalue weighted by molar-refractivity contribution is 4.63. The van der Waals surface area contributed by atoms with Crippen molar-refractivity contribution in [2.75, 3.05) is 0 Å². The summed E-state index contributed by atoms with van der Waals surface area (Å²) in [5, 5.41) is 8.67. The monoisotopic (exact) mass is 117 g/mol. The highest BCUT2D eigenvalue weighted by Gasteiger charge is 2.12. The Morgan fingerprint density at radius 3 is 1.88 bits per heavy atom. The van der Waals surface area contributed by atoms with Gasteiger partial charge in [0.1, 0.15) is 6.23 Å². The first kappa shape index (κ1) is 7.92. The average Bonchev–Trinajstić information content (AvgIpc) is 1.21. The fourth-order valence-electron chi connectivity index (χ4n) is 0.627. The fourth-order valence-corrected chi connectivity index (χ4v) is 0.627. The van der Waals surface area contributed by atoms with Crippen LogP contribution in [0, 0.1) is 5.41 Å². The van der Waals surface area contributed by atoms with Crippen molar-refractivity contribution in [1.82, 2.24) is 0 Å². The Kier molecular flexibility index (Phi) is 2.44. The van der Waals surface area contributed by atoms with E-state index in [9.17, 15) is 0 Å². The minimum Gasteiger partial charge on any atom is -0.379 e. The maximum atomic E-state index is 8.67. The molecule has 2 nitrogen and oxygen atoms in total. The molecule has 0 saturated heterocycles. The molecule has 0 fully saturated rings. The van der Waals surface area contributed by atoms with Gasteiger partial charge in [-0.2, -0.15) is 0 Å². The molecular formula is C6H15NO. The van der Waals surface area contributed by atoms with E-state index in [0.717, 1.165) is 0 Å². The maximum absolute atomic E-state index is 8.67. The predicted molar refractivity (Wildman–Crippen MR) is 34.3 cm³/mol. The van der Waals surface area contributed by atoms with E-state index in [2.05, 4.69) is 0 Å². The number of nitrogens with two attached hydrogens (primary N) is 1. The largest absolute Gasteiger partial charge is 0.379 e. The maximum Gasteiger partial charge on any atom is 0.102 e. The van der Waals surface area contributed by atoms with Gasteiger partial charge in [-0.05, 0) is 11.8 Å². The van der Waals surface area contributed by atoms with Crippen molar-refractivity contribution in [2.45, 2.75) is 33.4 Å². The van der Waals surface area contributed by atoms with E-state index in [0.29, 0.717) is 6.42 Å². The highest BCUT2D eigenvalue weighted by Crippen LogP contribution is 2.18. The van der Waals surface area contributed by atoms with Crippen LogP contribution in [0.5, 0.6) is 0 Å². The third-order valence-corrected chi connectivity index (χ3v) is 0.822. The van der Waals surface area contributed by atoms with E-state index in [1.54, 1.807) is 0 Å². The van der Waals surface area contributed by atoms with Gasteiger partial charge in [-0.3, -0.25) is 0 Å². The van der Waals surface area contributed by atoms with Gasteiger partial charge in [-0.25, -0.2) is 0 Å². The SMILES string of the molecule is CC(C)(C)C[C@H](N)O. The Morgan fingerprint density at radius 2 is 1.88 bits per heavy atom. The Morgan fingerprint density at radius 1 is 1.50 bits per heavy atom. The van der Waals surface area contributed by atoms with Crippen molar-refractivity contribution in [3.05, 3.63) is 0 Å². The molecule has 0 heterocycles. The third-order valence-electron chi connectivity index (χ3n) is 0.822. The zero-order valence-electron chi connectivity index (χ0n) is 5.81. The van der Waals surface area contributed by atoms with Crippen LogP contribution in [-0.4, -0.2) is 11.3 Å². The summed E-state index contributed by atoms with van der Waals surface area (Å²) in [6.07, 6.45) is 0.00231. The second-order valence-electron chi connectivity index (χ2n) is 3.33. The van der Waals surface area contributed by atoms with Crippen molar-refractivity contribution in [1.29, 1.82) is 0 Å². The van der Waals surface area contributed by atoms with Crippen LogP contribution in [0.1, 0.15) is 27.2 Å². The molecule has 0 aliphatic carbocycles. The number of aliphatic hydroxyl groups excluding tert-OH is 1. The Labute approximate surface area is 50.7 Å². The molecule has 0 bridgehead atoms. The van der Waals surface area contributed by atoms with Crippen molar-refractivity contribution in [2.24, 2.45) is 11.1 Å². The smallest absolute Gasteiger partial charge is 0.102 e. The Hall–Kier alpha value is -0.0800. The second-order valence-corrected chi connectivity index (χ2v) is 3.33. The zero-order valence-corrected chi connectivity index (χ0v) is 5.81. The first-order chi connectivity index (χ1) is 3.42. The van der Waals surface area contributed by atoms with E-state index in [1.165, 1.54) is 0 Å². The predicted octanol–water partition coefficient (Wildman–Crippen LogP) is 0.700. The van der Waals surface area contributed by atoms with Gasteiger partial charge in [-0.15, -0.1) is 0 Å². The van der Waals surface area contributed by atoms with E-state index >= 15 is 0 Å². The lowest BCUT2D eigenvalue weighted by Crippen LogP contribution is -2.25. The van der Waals surface area contributed by atoms with Crippen LogP contribution < -0.4 is 5.73 Å². The summed E-state index contributed by atoms with van der Waals surface area (Å²) in [5.74, 6) is 0. The lowest BCUT2D eigenvalue weighted by atomic mass is 9.92. The van der Waals surface area contributed by atoms with Gasteiger partial charge in [0.25, 0.3) is 0 Å². The lowest BCUT2D eigenvalue weighted by Gasteiger charge is -2.19. The molecule has 0 aliphatic rings. The van der Waals surface area contributed by atoms with Crippen molar-refractivity contribution in [3.63, 3.8) is 0 Å². The average molecular weight is 117 g/mol. The highest BCUT2D eigenvalue weighted by atomic mass is 16.3. The van der Waals surface area contributed by atoms with E-state index < -0.39 is 6.23 Å². The first-order valence-electron chi connectivity index (χ1n) is 2.85. The molecule has 0 aromatic carbocycles. The van der Waals surface area contributed by atoms with Gasteiger partial charge in [0.05, 0.1) is 0 Å². The molecule has 0 aromatic heterocycles. The van der Waals surface area contributed by atoms with Gasteiger partial charge in [0.2, 0.25) is 0 Å². The number of aliphatic hydroxyl groups is 1. The standard InChI is InChI=1S/C6H15NO/c1-6(2,3)4-5(7)8/h5,8H,4,7H2,1-3H3/t5-/m1/s1. The van der Waals surface area contributed by atoms with Crippen LogP contribution in [-0.2, 0) is 0 Å². The van der Waals surface area contributed by atoms with Crippen LogP contribution in [0.2, 0.25) is 0 Å². The first-order valence-corrected chi connectivity index (χ1v) is 2.85. The topological polar surface area (TPSA) is 46.2 Å². The van der Waals surface area contributed by atoms with Crippen molar-refractivity contribution >= 4 is 0 Å². The van der Waals surface area contributed by atoms with Gasteiger partial charge in [0.15, 0.2) is 0 Å². The summed E-state index contributed by atoms with van der Waals surface area (Å²) in [4.78, 5) is 0. The zero-order chi connectivity index (χ0) is 6.78. The van der Waals surface area contributed by atoms with Gasteiger partial charge in [-0.1, -0.05) is 20.8 Å². The molecule has 8 heavy (non-hydrogen) atoms. The Balaban J connectivity index is 3.39. The Bertz CT molecular complexity index is 63.4. The molecule has 3 N–H and O–H groups in total. The van der Waals surface area contributed by atoms with Crippen molar-refractivity contribution < 1.29 is 5.11 Å². The van der Waals surface area contributed by atoms with E-state index in [1.807, 2.05) is 20.8 Å². The summed E-state index contributed by atoms with van der Waals surface area (Å²) >= 11 is 0. The normalized spacial score (nSPS) is 16.1. The molecule has 1 atom stereocenters. The summed E-state index contributed by atoms with van der Waals surface area (Å²) in [6.45, 7) is 6.13. The third kappa shape index (κ3) is 5.92. The quantitative estimate of drug-likeness (QED) is 0.496. The molecule has 0 spiro atoms. The van der Waals surface area contributed by atoms with Crippen LogP contribution in [0.3, 0.4) is 0 Å². The minimum atomic E-state index is -0.657. The van der Waals surface area contributed by atoms with Gasteiger partial charge >= 0.3 is 0 Å². The van der Waals surface area contributed by atoms with Crippen molar-refractivity contribution in [3.8, 4) is 0 Å².